The van der Waals surface area contributed by atoms with Gasteiger partial charge >= 0.3 is 0 Å². The molecule has 1 aromatic heterocycles. The number of rotatable bonds is 3. The van der Waals surface area contributed by atoms with Crippen LogP contribution in [0.5, 0.6) is 0 Å². The Morgan fingerprint density at radius 1 is 1.32 bits per heavy atom. The number of benzene rings is 1. The Bertz CT molecular complexity index is 572. The van der Waals surface area contributed by atoms with Gasteiger partial charge in [0.05, 0.1) is 5.69 Å². The van der Waals surface area contributed by atoms with Gasteiger partial charge in [-0.1, -0.05) is 18.2 Å². The zero-order chi connectivity index (χ0) is 13.2. The number of aromatic nitrogens is 2. The summed E-state index contributed by atoms with van der Waals surface area (Å²) >= 11 is 0. The highest BCUT2D eigenvalue weighted by molar-refractivity contribution is 5.94. The molecule has 1 fully saturated rings. The van der Waals surface area contributed by atoms with Crippen LogP contribution in [0.4, 0.5) is 5.82 Å². The topological polar surface area (TPSA) is 83.8 Å². The van der Waals surface area contributed by atoms with Gasteiger partial charge in [-0.05, 0) is 25.0 Å². The van der Waals surface area contributed by atoms with Crippen molar-refractivity contribution < 1.29 is 4.79 Å². The lowest BCUT2D eigenvalue weighted by atomic mass is 9.78. The molecule has 0 radical (unpaired) electrons. The third-order valence-corrected chi connectivity index (χ3v) is 3.55. The molecule has 0 aliphatic heterocycles. The molecule has 0 spiro atoms. The second kappa shape index (κ2) is 4.76. The predicted octanol–water partition coefficient (Wildman–Crippen LogP) is 1.67. The molecule has 3 rings (SSSR count). The van der Waals surface area contributed by atoms with Gasteiger partial charge in [0.2, 0.25) is 0 Å². The minimum atomic E-state index is -0.00871. The van der Waals surface area contributed by atoms with E-state index in [0.29, 0.717) is 17.3 Å². The van der Waals surface area contributed by atoms with Crippen molar-refractivity contribution in [3.63, 3.8) is 0 Å². The van der Waals surface area contributed by atoms with Crippen molar-refractivity contribution in [1.82, 2.24) is 15.5 Å². The van der Waals surface area contributed by atoms with E-state index in [-0.39, 0.29) is 11.9 Å². The molecule has 98 valence electrons. The average Bonchev–Trinajstić information content (AvgIpc) is 2.80. The van der Waals surface area contributed by atoms with Gasteiger partial charge in [-0.25, -0.2) is 0 Å². The standard InChI is InChI=1S/C14H16N4O/c15-13-8-12(17-18-13)10-6-11(7-10)16-14(19)9-4-2-1-3-5-9/h1-5,8,10-11H,6-7H2,(H,16,19)(H3,15,17,18)/t10-,11+. The monoisotopic (exact) mass is 256 g/mol. The van der Waals surface area contributed by atoms with Crippen LogP contribution in [0.15, 0.2) is 36.4 Å². The Labute approximate surface area is 111 Å². The van der Waals surface area contributed by atoms with Gasteiger partial charge in [-0.2, -0.15) is 5.10 Å². The van der Waals surface area contributed by atoms with E-state index in [1.807, 2.05) is 36.4 Å². The maximum atomic E-state index is 11.9. The van der Waals surface area contributed by atoms with Gasteiger partial charge in [0.15, 0.2) is 0 Å². The zero-order valence-corrected chi connectivity index (χ0v) is 10.5. The third kappa shape index (κ3) is 2.45. The zero-order valence-electron chi connectivity index (χ0n) is 10.5. The van der Waals surface area contributed by atoms with Crippen molar-refractivity contribution in [2.75, 3.05) is 5.73 Å². The summed E-state index contributed by atoms with van der Waals surface area (Å²) in [5.74, 6) is 0.979. The number of anilines is 1. The smallest absolute Gasteiger partial charge is 0.251 e. The maximum absolute atomic E-state index is 11.9. The molecule has 0 saturated heterocycles. The van der Waals surface area contributed by atoms with Crippen LogP contribution in [0, 0.1) is 0 Å². The van der Waals surface area contributed by atoms with Gasteiger partial charge in [0.1, 0.15) is 5.82 Å². The number of nitrogens with one attached hydrogen (secondary N) is 2. The fourth-order valence-electron chi connectivity index (χ4n) is 2.40. The Morgan fingerprint density at radius 3 is 2.68 bits per heavy atom. The number of aromatic amines is 1. The highest BCUT2D eigenvalue weighted by atomic mass is 16.1. The van der Waals surface area contributed by atoms with E-state index < -0.39 is 0 Å². The first-order chi connectivity index (χ1) is 9.22. The number of nitrogens with two attached hydrogens (primary N) is 1. The SMILES string of the molecule is Nc1cc([C@H]2C[C@@H](NC(=O)c3ccccc3)C2)n[nH]1. The largest absolute Gasteiger partial charge is 0.384 e. The maximum Gasteiger partial charge on any atom is 0.251 e. The van der Waals surface area contributed by atoms with Crippen LogP contribution in [0.3, 0.4) is 0 Å². The van der Waals surface area contributed by atoms with Crippen molar-refractivity contribution in [2.45, 2.75) is 24.8 Å². The summed E-state index contributed by atoms with van der Waals surface area (Å²) in [6.07, 6.45) is 1.84. The van der Waals surface area contributed by atoms with Crippen LogP contribution < -0.4 is 11.1 Å². The van der Waals surface area contributed by atoms with E-state index in [1.54, 1.807) is 0 Å². The van der Waals surface area contributed by atoms with E-state index in [4.69, 9.17) is 5.73 Å². The molecule has 1 aliphatic rings. The van der Waals surface area contributed by atoms with Crippen LogP contribution in [0.25, 0.3) is 0 Å². The molecule has 0 unspecified atom stereocenters. The molecule has 5 nitrogen and oxygen atoms in total. The number of carbonyl (C=O) groups is 1. The number of nitrogen functional groups attached to an aromatic ring is 1. The first-order valence-electron chi connectivity index (χ1n) is 6.39. The Morgan fingerprint density at radius 2 is 2.05 bits per heavy atom. The lowest BCUT2D eigenvalue weighted by molar-refractivity contribution is 0.0908. The van der Waals surface area contributed by atoms with E-state index in [1.165, 1.54) is 0 Å². The molecule has 4 N–H and O–H groups in total. The average molecular weight is 256 g/mol. The second-order valence-corrected chi connectivity index (χ2v) is 4.95. The molecule has 1 aliphatic carbocycles. The molecule has 1 amide bonds. The second-order valence-electron chi connectivity index (χ2n) is 4.95. The Hall–Kier alpha value is -2.30. The molecule has 0 bridgehead atoms. The number of H-pyrrole nitrogens is 1. The van der Waals surface area contributed by atoms with Gasteiger partial charge in [0, 0.05) is 23.6 Å². The third-order valence-electron chi connectivity index (χ3n) is 3.55. The van der Waals surface area contributed by atoms with Crippen LogP contribution in [0.1, 0.15) is 34.8 Å². The first-order valence-corrected chi connectivity index (χ1v) is 6.39. The highest BCUT2D eigenvalue weighted by Crippen LogP contribution is 2.36. The molecule has 2 aromatic rings. The summed E-state index contributed by atoms with van der Waals surface area (Å²) in [4.78, 5) is 11.9. The summed E-state index contributed by atoms with van der Waals surface area (Å²) in [6, 6.07) is 11.4. The summed E-state index contributed by atoms with van der Waals surface area (Å²) < 4.78 is 0. The van der Waals surface area contributed by atoms with Crippen molar-refractivity contribution in [3.8, 4) is 0 Å². The van der Waals surface area contributed by atoms with Crippen molar-refractivity contribution in [3.05, 3.63) is 47.7 Å². The number of nitrogens with zero attached hydrogens (tertiary/aromatic N) is 1. The number of amides is 1. The van der Waals surface area contributed by atoms with Crippen LogP contribution >= 0.6 is 0 Å². The molecular formula is C14H16N4O. The number of carbonyl (C=O) groups excluding carboxylic acids is 1. The van der Waals surface area contributed by atoms with Gasteiger partial charge in [-0.3, -0.25) is 9.89 Å². The summed E-state index contributed by atoms with van der Waals surface area (Å²) in [5, 5.41) is 9.92. The summed E-state index contributed by atoms with van der Waals surface area (Å²) in [7, 11) is 0. The Kier molecular flexibility index (Phi) is 2.95. The molecule has 0 atom stereocenters. The number of hydrogen-bond acceptors (Lipinski definition) is 3. The summed E-state index contributed by atoms with van der Waals surface area (Å²) in [5.41, 5.74) is 7.29. The Balaban J connectivity index is 1.53. The minimum absolute atomic E-state index is 0.00871. The lowest BCUT2D eigenvalue weighted by Gasteiger charge is -2.34. The van der Waals surface area contributed by atoms with Crippen LogP contribution in [-0.4, -0.2) is 22.1 Å². The molecule has 1 saturated carbocycles. The van der Waals surface area contributed by atoms with Gasteiger partial charge in [0.25, 0.3) is 5.91 Å². The molecule has 1 heterocycles. The molecule has 19 heavy (non-hydrogen) atoms. The molecule has 1 aromatic carbocycles. The van der Waals surface area contributed by atoms with E-state index in [9.17, 15) is 4.79 Å². The van der Waals surface area contributed by atoms with Crippen molar-refractivity contribution in [1.29, 1.82) is 0 Å². The molecule has 5 heteroatoms. The molecular weight excluding hydrogens is 240 g/mol. The normalized spacial score (nSPS) is 21.7. The van der Waals surface area contributed by atoms with E-state index >= 15 is 0 Å². The highest BCUT2D eigenvalue weighted by Gasteiger charge is 2.33. The van der Waals surface area contributed by atoms with Gasteiger partial charge < -0.3 is 11.1 Å². The van der Waals surface area contributed by atoms with Crippen LogP contribution in [0.2, 0.25) is 0 Å². The fraction of sp³-hybridized carbons (Fsp3) is 0.286. The van der Waals surface area contributed by atoms with E-state index in [0.717, 1.165) is 18.5 Å². The van der Waals surface area contributed by atoms with Crippen LogP contribution in [-0.2, 0) is 0 Å². The fourth-order valence-corrected chi connectivity index (χ4v) is 2.40. The van der Waals surface area contributed by atoms with E-state index in [2.05, 4.69) is 15.5 Å². The van der Waals surface area contributed by atoms with Crippen molar-refractivity contribution >= 4 is 11.7 Å². The quantitative estimate of drug-likeness (QED) is 0.781. The van der Waals surface area contributed by atoms with Gasteiger partial charge in [-0.15, -0.1) is 0 Å². The lowest BCUT2D eigenvalue weighted by Crippen LogP contribution is -2.43. The number of hydrogen-bond donors (Lipinski definition) is 3. The minimum Gasteiger partial charge on any atom is -0.384 e. The summed E-state index contributed by atoms with van der Waals surface area (Å²) in [6.45, 7) is 0. The van der Waals surface area contributed by atoms with Crippen molar-refractivity contribution in [2.24, 2.45) is 0 Å². The predicted molar refractivity (Wildman–Crippen MR) is 72.7 cm³/mol. The first kappa shape index (κ1) is 11.8.